The Balaban J connectivity index is 0.00000194. The molecule has 0 aliphatic carbocycles. The summed E-state index contributed by atoms with van der Waals surface area (Å²) in [5.41, 5.74) is 11.4. The zero-order valence-corrected chi connectivity index (χ0v) is 20.8. The van der Waals surface area contributed by atoms with Crippen LogP contribution in [0.4, 0.5) is 13.2 Å². The van der Waals surface area contributed by atoms with Gasteiger partial charge in [-0.2, -0.15) is 13.2 Å². The molecule has 0 unspecified atom stereocenters. The van der Waals surface area contributed by atoms with Gasteiger partial charge < -0.3 is 21.8 Å². The van der Waals surface area contributed by atoms with Gasteiger partial charge in [0.25, 0.3) is 5.91 Å². The summed E-state index contributed by atoms with van der Waals surface area (Å²) in [4.78, 5) is 30.8. The van der Waals surface area contributed by atoms with Crippen LogP contribution < -0.4 is 11.5 Å². The van der Waals surface area contributed by atoms with Gasteiger partial charge in [0.2, 0.25) is 0 Å². The lowest BCUT2D eigenvalue weighted by Crippen LogP contribution is -2.51. The van der Waals surface area contributed by atoms with Gasteiger partial charge in [0.15, 0.2) is 5.78 Å². The molecule has 2 rings (SSSR count). The van der Waals surface area contributed by atoms with Gasteiger partial charge in [-0.1, -0.05) is 46.2 Å². The van der Waals surface area contributed by atoms with Crippen molar-refractivity contribution in [3.8, 4) is 0 Å². The van der Waals surface area contributed by atoms with E-state index < -0.39 is 28.8 Å². The molecular formula is C25H34F3N5O2. The summed E-state index contributed by atoms with van der Waals surface area (Å²) in [6.07, 6.45) is -1.29. The Kier molecular flexibility index (Phi) is 10.4. The SMILES string of the molecule is CC(=O)/C(N)=C1\CN(C(=O)/C(C=N)=C/N)CC(C)(C)C1=NCc1ccc(C(F)(F)F)cc1.CCC. The van der Waals surface area contributed by atoms with E-state index in [-0.39, 0.29) is 30.9 Å². The normalized spacial score (nSPS) is 18.5. The van der Waals surface area contributed by atoms with Crippen LogP contribution in [0.3, 0.4) is 0 Å². The number of carbonyl (C=O) groups excluding carboxylic acids is 2. The number of nitrogens with one attached hydrogen (secondary N) is 1. The van der Waals surface area contributed by atoms with Crippen LogP contribution in [0.15, 0.2) is 52.3 Å². The van der Waals surface area contributed by atoms with Crippen LogP contribution in [0.5, 0.6) is 0 Å². The average molecular weight is 494 g/mol. The summed E-state index contributed by atoms with van der Waals surface area (Å²) >= 11 is 0. The molecule has 5 N–H and O–H groups in total. The molecule has 0 atom stereocenters. The Bertz CT molecular complexity index is 1020. The molecule has 0 spiro atoms. The number of halogens is 3. The second-order valence-electron chi connectivity index (χ2n) is 8.83. The first kappa shape index (κ1) is 29.6. The number of allylic oxidation sites excluding steroid dienone is 1. The highest BCUT2D eigenvalue weighted by Crippen LogP contribution is 2.33. The third-order valence-corrected chi connectivity index (χ3v) is 5.14. The maximum absolute atomic E-state index is 12.8. The van der Waals surface area contributed by atoms with Gasteiger partial charge in [-0.05, 0) is 17.7 Å². The third-order valence-electron chi connectivity index (χ3n) is 5.14. The Morgan fingerprint density at radius 2 is 1.74 bits per heavy atom. The Morgan fingerprint density at radius 1 is 1.20 bits per heavy atom. The third kappa shape index (κ3) is 7.80. The van der Waals surface area contributed by atoms with E-state index in [0.29, 0.717) is 16.8 Å². The van der Waals surface area contributed by atoms with Crippen LogP contribution in [0.1, 0.15) is 52.2 Å². The average Bonchev–Trinajstić information content (AvgIpc) is 2.77. The second-order valence-corrected chi connectivity index (χ2v) is 8.83. The van der Waals surface area contributed by atoms with Crippen molar-refractivity contribution in [3.05, 3.63) is 58.4 Å². The zero-order chi connectivity index (χ0) is 27.0. The number of hydrogen-bond acceptors (Lipinski definition) is 6. The first-order valence-electron chi connectivity index (χ1n) is 11.2. The van der Waals surface area contributed by atoms with Crippen molar-refractivity contribution in [2.75, 3.05) is 13.1 Å². The molecule has 1 amide bonds. The molecule has 1 aromatic carbocycles. The molecule has 0 radical (unpaired) electrons. The summed E-state index contributed by atoms with van der Waals surface area (Å²) in [6, 6.07) is 4.67. The van der Waals surface area contributed by atoms with Crippen LogP contribution in [0.2, 0.25) is 0 Å². The van der Waals surface area contributed by atoms with Crippen LogP contribution in [-0.2, 0) is 22.3 Å². The van der Waals surface area contributed by atoms with Gasteiger partial charge in [-0.25, -0.2) is 0 Å². The van der Waals surface area contributed by atoms with E-state index in [9.17, 15) is 22.8 Å². The van der Waals surface area contributed by atoms with Crippen LogP contribution in [-0.4, -0.2) is 41.6 Å². The standard InChI is InChI=1S/C22H26F3N5O2.C3H8/c1-13(31)18(28)17-11-30(20(32)15(8-26)9-27)12-21(2,3)19(17)29-10-14-4-6-16(7-5-14)22(23,24)25;1-3-2/h4-9,26H,10-12,27-28H2,1-3H3;3H2,1-2H3/b15-9+,18-17-,26-8?,29-19?;. The number of alkyl halides is 3. The maximum atomic E-state index is 12.8. The summed E-state index contributed by atoms with van der Waals surface area (Å²) in [7, 11) is 0. The number of ketones is 1. The number of amides is 1. The Hall–Kier alpha value is -3.43. The van der Waals surface area contributed by atoms with Crippen LogP contribution in [0.25, 0.3) is 0 Å². The summed E-state index contributed by atoms with van der Waals surface area (Å²) in [5.74, 6) is -0.875. The monoisotopic (exact) mass is 493 g/mol. The van der Waals surface area contributed by atoms with Gasteiger partial charge in [-0.15, -0.1) is 0 Å². The minimum absolute atomic E-state index is 0.00769. The maximum Gasteiger partial charge on any atom is 0.416 e. The molecule has 1 aliphatic rings. The first-order chi connectivity index (χ1) is 16.2. The van der Waals surface area contributed by atoms with Crippen molar-refractivity contribution in [1.29, 1.82) is 5.41 Å². The molecule has 1 aromatic rings. The van der Waals surface area contributed by atoms with Crippen molar-refractivity contribution in [2.24, 2.45) is 21.9 Å². The van der Waals surface area contributed by atoms with Gasteiger partial charge >= 0.3 is 6.18 Å². The number of nitrogens with zero attached hydrogens (tertiary/aromatic N) is 2. The number of hydrogen-bond donors (Lipinski definition) is 3. The molecule has 1 saturated heterocycles. The number of Topliss-reactive ketones (excluding diaryl/α,β-unsaturated/α-hetero) is 1. The minimum atomic E-state index is -4.43. The quantitative estimate of drug-likeness (QED) is 0.419. The number of piperidine rings is 1. The molecule has 7 nitrogen and oxygen atoms in total. The van der Waals surface area contributed by atoms with Gasteiger partial charge in [0, 0.05) is 49.1 Å². The van der Waals surface area contributed by atoms with Crippen molar-refractivity contribution in [3.63, 3.8) is 0 Å². The Labute approximate surface area is 204 Å². The van der Waals surface area contributed by atoms with E-state index in [1.807, 2.05) is 13.8 Å². The Morgan fingerprint density at radius 3 is 2.17 bits per heavy atom. The summed E-state index contributed by atoms with van der Waals surface area (Å²) in [5, 5.41) is 7.36. The number of likely N-dealkylation sites (tertiary alicyclic amines) is 1. The summed E-state index contributed by atoms with van der Waals surface area (Å²) < 4.78 is 38.4. The molecule has 0 aromatic heterocycles. The molecular weight excluding hydrogens is 459 g/mol. The number of carbonyl (C=O) groups is 2. The fourth-order valence-electron chi connectivity index (χ4n) is 3.49. The number of aliphatic imine (C=N–C) groups is 1. The van der Waals surface area contributed by atoms with E-state index in [4.69, 9.17) is 16.9 Å². The molecule has 1 aliphatic heterocycles. The fourth-order valence-corrected chi connectivity index (χ4v) is 3.49. The highest BCUT2D eigenvalue weighted by Gasteiger charge is 2.39. The highest BCUT2D eigenvalue weighted by molar-refractivity contribution is 6.15. The predicted molar refractivity (Wildman–Crippen MR) is 132 cm³/mol. The molecule has 0 bridgehead atoms. The van der Waals surface area contributed by atoms with E-state index in [1.165, 1.54) is 30.4 Å². The van der Waals surface area contributed by atoms with Crippen LogP contribution >= 0.6 is 0 Å². The largest absolute Gasteiger partial charge is 0.416 e. The lowest BCUT2D eigenvalue weighted by Gasteiger charge is -2.41. The molecule has 1 fully saturated rings. The minimum Gasteiger partial charge on any atom is -0.404 e. The zero-order valence-electron chi connectivity index (χ0n) is 20.8. The first-order valence-corrected chi connectivity index (χ1v) is 11.2. The molecule has 35 heavy (non-hydrogen) atoms. The van der Waals surface area contributed by atoms with Crippen molar-refractivity contribution >= 4 is 23.6 Å². The van der Waals surface area contributed by atoms with Gasteiger partial charge in [-0.3, -0.25) is 14.6 Å². The highest BCUT2D eigenvalue weighted by atomic mass is 19.4. The van der Waals surface area contributed by atoms with Crippen molar-refractivity contribution in [1.82, 2.24) is 4.90 Å². The van der Waals surface area contributed by atoms with E-state index in [2.05, 4.69) is 18.8 Å². The van der Waals surface area contributed by atoms with Crippen molar-refractivity contribution < 1.29 is 22.8 Å². The molecule has 10 heteroatoms. The predicted octanol–water partition coefficient (Wildman–Crippen LogP) is 4.23. The summed E-state index contributed by atoms with van der Waals surface area (Å²) in [6.45, 7) is 9.48. The number of rotatable bonds is 5. The molecule has 192 valence electrons. The molecule has 0 saturated carbocycles. The topological polar surface area (TPSA) is 126 Å². The van der Waals surface area contributed by atoms with Crippen LogP contribution in [0, 0.1) is 10.8 Å². The van der Waals surface area contributed by atoms with Crippen molar-refractivity contribution in [2.45, 2.75) is 53.8 Å². The van der Waals surface area contributed by atoms with E-state index >= 15 is 0 Å². The van der Waals surface area contributed by atoms with E-state index in [1.54, 1.807) is 0 Å². The fraction of sp³-hybridized carbons (Fsp3) is 0.440. The molecule has 1 heterocycles. The van der Waals surface area contributed by atoms with E-state index in [0.717, 1.165) is 24.5 Å². The number of benzene rings is 1. The second kappa shape index (κ2) is 12.3. The van der Waals surface area contributed by atoms with Gasteiger partial charge in [0.05, 0.1) is 23.4 Å². The smallest absolute Gasteiger partial charge is 0.404 e. The lowest BCUT2D eigenvalue weighted by atomic mass is 9.78. The van der Waals surface area contributed by atoms with Gasteiger partial charge in [0.1, 0.15) is 0 Å². The lowest BCUT2D eigenvalue weighted by molar-refractivity contribution is -0.137. The number of nitrogens with two attached hydrogens (primary N) is 2.